The fraction of sp³-hybridized carbons (Fsp3) is 0.333. The number of carbonyl (C=O) groups is 2. The van der Waals surface area contributed by atoms with E-state index in [0.717, 1.165) is 14.2 Å². The quantitative estimate of drug-likeness (QED) is 0.359. The number of methoxy groups -OCH3 is 4. The molecule has 0 aliphatic rings. The maximum Gasteiger partial charge on any atom is 0.432 e. The first kappa shape index (κ1) is 20.1. The molecule has 1 aromatic carbocycles. The van der Waals surface area contributed by atoms with E-state index in [1.165, 1.54) is 32.4 Å². The van der Waals surface area contributed by atoms with Gasteiger partial charge < -0.3 is 24.3 Å². The Labute approximate surface area is 141 Å². The van der Waals surface area contributed by atoms with E-state index in [1.807, 2.05) is 5.32 Å². The van der Waals surface area contributed by atoms with Crippen molar-refractivity contribution in [3.63, 3.8) is 0 Å². The summed E-state index contributed by atoms with van der Waals surface area (Å²) in [6, 6.07) is 3.93. The van der Waals surface area contributed by atoms with E-state index in [1.54, 1.807) is 0 Å². The molecule has 10 heteroatoms. The van der Waals surface area contributed by atoms with Crippen LogP contribution in [-0.2, 0) is 19.1 Å². The van der Waals surface area contributed by atoms with Crippen molar-refractivity contribution in [1.29, 1.82) is 0 Å². The number of benzene rings is 1. The highest BCUT2D eigenvalue weighted by Gasteiger charge is 2.42. The van der Waals surface area contributed by atoms with Crippen LogP contribution in [0, 0.1) is 0 Å². The van der Waals surface area contributed by atoms with Gasteiger partial charge in [-0.25, -0.2) is 9.59 Å². The largest absolute Gasteiger partial charge is 0.497 e. The van der Waals surface area contributed by atoms with Crippen LogP contribution in [0.15, 0.2) is 29.5 Å². The van der Waals surface area contributed by atoms with Crippen molar-refractivity contribution < 1.29 is 41.7 Å². The second-order valence-corrected chi connectivity index (χ2v) is 4.42. The summed E-state index contributed by atoms with van der Waals surface area (Å²) >= 11 is 0. The van der Waals surface area contributed by atoms with Gasteiger partial charge in [0, 0.05) is 6.07 Å². The summed E-state index contributed by atoms with van der Waals surface area (Å²) in [5.74, 6) is -2.67. The summed E-state index contributed by atoms with van der Waals surface area (Å²) in [6.07, 6.45) is -5.08. The maximum absolute atomic E-state index is 13.4. The highest BCUT2D eigenvalue weighted by Crippen LogP contribution is 2.35. The first-order chi connectivity index (χ1) is 11.7. The highest BCUT2D eigenvalue weighted by atomic mass is 19.4. The topological polar surface area (TPSA) is 83.1 Å². The van der Waals surface area contributed by atoms with Crippen LogP contribution in [0.5, 0.6) is 11.5 Å². The number of halogens is 3. The lowest BCUT2D eigenvalue weighted by Crippen LogP contribution is -2.29. The molecule has 0 spiro atoms. The fourth-order valence-corrected chi connectivity index (χ4v) is 1.80. The van der Waals surface area contributed by atoms with Crippen LogP contribution in [-0.4, -0.2) is 46.6 Å². The van der Waals surface area contributed by atoms with Crippen LogP contribution >= 0.6 is 0 Å². The average molecular weight is 363 g/mol. The molecule has 0 fully saturated rings. The van der Waals surface area contributed by atoms with Crippen LogP contribution in [0.3, 0.4) is 0 Å². The zero-order valence-electron chi connectivity index (χ0n) is 13.8. The van der Waals surface area contributed by atoms with Crippen LogP contribution in [0.1, 0.15) is 0 Å². The number of ether oxygens (including phenoxy) is 4. The molecule has 0 saturated heterocycles. The summed E-state index contributed by atoms with van der Waals surface area (Å²) in [5, 5.41) is 1.99. The third kappa shape index (κ3) is 4.78. The highest BCUT2D eigenvalue weighted by molar-refractivity contribution is 6.15. The van der Waals surface area contributed by atoms with Crippen LogP contribution in [0.4, 0.5) is 18.9 Å². The third-order valence-corrected chi connectivity index (χ3v) is 2.98. The van der Waals surface area contributed by atoms with Gasteiger partial charge in [0.15, 0.2) is 5.57 Å². The Hall–Kier alpha value is -2.91. The van der Waals surface area contributed by atoms with Crippen molar-refractivity contribution in [2.45, 2.75) is 6.18 Å². The Balaban J connectivity index is 3.54. The van der Waals surface area contributed by atoms with E-state index in [0.29, 0.717) is 5.75 Å². The zero-order chi connectivity index (χ0) is 19.2. The Morgan fingerprint density at radius 1 is 0.960 bits per heavy atom. The number of anilines is 1. The maximum atomic E-state index is 13.4. The first-order valence-electron chi connectivity index (χ1n) is 6.66. The molecular formula is C15H16F3NO6. The number of allylic oxidation sites excluding steroid dienone is 1. The molecule has 0 saturated carbocycles. The SMILES string of the molecule is COC(=O)C(C(=O)OC)=C(Nc1ccc(OC)cc1OC)C(F)(F)F. The molecule has 138 valence electrons. The van der Waals surface area contributed by atoms with E-state index < -0.39 is 29.4 Å². The van der Waals surface area contributed by atoms with Gasteiger partial charge in [0.25, 0.3) is 0 Å². The van der Waals surface area contributed by atoms with Crippen LogP contribution < -0.4 is 14.8 Å². The Kier molecular flexibility index (Phi) is 6.66. The van der Waals surface area contributed by atoms with Gasteiger partial charge in [-0.15, -0.1) is 0 Å². The Bertz CT molecular complexity index is 666. The molecule has 1 N–H and O–H groups in total. The minimum absolute atomic E-state index is 0.00446. The molecule has 0 aromatic heterocycles. The lowest BCUT2D eigenvalue weighted by Gasteiger charge is -2.19. The van der Waals surface area contributed by atoms with E-state index in [4.69, 9.17) is 9.47 Å². The molecule has 1 rings (SSSR count). The molecule has 0 atom stereocenters. The van der Waals surface area contributed by atoms with Gasteiger partial charge in [-0.3, -0.25) is 0 Å². The predicted octanol–water partition coefficient (Wildman–Crippen LogP) is 2.28. The van der Waals surface area contributed by atoms with Gasteiger partial charge >= 0.3 is 18.1 Å². The molecule has 0 aliphatic carbocycles. The molecule has 0 radical (unpaired) electrons. The number of hydrogen-bond acceptors (Lipinski definition) is 7. The minimum Gasteiger partial charge on any atom is -0.497 e. The van der Waals surface area contributed by atoms with Crippen molar-refractivity contribution in [2.75, 3.05) is 33.8 Å². The van der Waals surface area contributed by atoms with Gasteiger partial charge in [0.1, 0.15) is 17.2 Å². The predicted molar refractivity (Wildman–Crippen MR) is 80.3 cm³/mol. The Morgan fingerprint density at radius 3 is 1.92 bits per heavy atom. The standard InChI is InChI=1S/C15H16F3NO6/c1-22-8-5-6-9(10(7-8)23-2)19-12(15(16,17)18)11(13(20)24-3)14(21)25-4/h5-7,19H,1-4H3. The summed E-state index contributed by atoms with van der Waals surface area (Å²) < 4.78 is 58.7. The van der Waals surface area contributed by atoms with Crippen molar-refractivity contribution >= 4 is 17.6 Å². The molecular weight excluding hydrogens is 347 g/mol. The van der Waals surface area contributed by atoms with Gasteiger partial charge in [-0.05, 0) is 12.1 Å². The van der Waals surface area contributed by atoms with E-state index >= 15 is 0 Å². The summed E-state index contributed by atoms with van der Waals surface area (Å²) in [7, 11) is 4.29. The molecule has 0 unspecified atom stereocenters. The smallest absolute Gasteiger partial charge is 0.432 e. The lowest BCUT2D eigenvalue weighted by molar-refractivity contribution is -0.146. The lowest BCUT2D eigenvalue weighted by atomic mass is 10.1. The minimum atomic E-state index is -5.08. The molecule has 25 heavy (non-hydrogen) atoms. The molecule has 0 heterocycles. The van der Waals surface area contributed by atoms with Crippen molar-refractivity contribution in [2.24, 2.45) is 0 Å². The number of rotatable bonds is 6. The molecule has 0 amide bonds. The summed E-state index contributed by atoms with van der Waals surface area (Å²) in [5.41, 5.74) is -3.12. The van der Waals surface area contributed by atoms with E-state index in [9.17, 15) is 22.8 Å². The van der Waals surface area contributed by atoms with Crippen molar-refractivity contribution in [3.8, 4) is 11.5 Å². The second kappa shape index (κ2) is 8.27. The number of hydrogen-bond donors (Lipinski definition) is 1. The molecule has 0 aliphatic heterocycles. The fourth-order valence-electron chi connectivity index (χ4n) is 1.80. The first-order valence-corrected chi connectivity index (χ1v) is 6.66. The van der Waals surface area contributed by atoms with Gasteiger partial charge in [0.2, 0.25) is 0 Å². The molecule has 0 bridgehead atoms. The number of esters is 2. The normalized spacial score (nSPS) is 10.5. The Morgan fingerprint density at radius 2 is 1.52 bits per heavy atom. The third-order valence-electron chi connectivity index (χ3n) is 2.98. The van der Waals surface area contributed by atoms with E-state index in [-0.39, 0.29) is 11.4 Å². The van der Waals surface area contributed by atoms with Gasteiger partial charge in [-0.2, -0.15) is 13.2 Å². The van der Waals surface area contributed by atoms with Gasteiger partial charge in [-0.1, -0.05) is 0 Å². The summed E-state index contributed by atoms with van der Waals surface area (Å²) in [4.78, 5) is 23.3. The zero-order valence-corrected chi connectivity index (χ0v) is 13.8. The van der Waals surface area contributed by atoms with Crippen LogP contribution in [0.25, 0.3) is 0 Å². The van der Waals surface area contributed by atoms with Crippen LogP contribution in [0.2, 0.25) is 0 Å². The number of carbonyl (C=O) groups excluding carboxylic acids is 2. The van der Waals surface area contributed by atoms with Crippen molar-refractivity contribution in [3.05, 3.63) is 29.5 Å². The second-order valence-electron chi connectivity index (χ2n) is 4.42. The van der Waals surface area contributed by atoms with Crippen molar-refractivity contribution in [1.82, 2.24) is 0 Å². The number of nitrogens with one attached hydrogen (secondary N) is 1. The van der Waals surface area contributed by atoms with E-state index in [2.05, 4.69) is 9.47 Å². The number of alkyl halides is 3. The monoisotopic (exact) mass is 363 g/mol. The molecule has 7 nitrogen and oxygen atoms in total. The summed E-state index contributed by atoms with van der Waals surface area (Å²) in [6.45, 7) is 0. The van der Waals surface area contributed by atoms with Gasteiger partial charge in [0.05, 0.1) is 34.1 Å². The average Bonchev–Trinajstić information content (AvgIpc) is 2.59. The molecule has 1 aromatic rings.